The molecule has 6 heteroatoms. The summed E-state index contributed by atoms with van der Waals surface area (Å²) >= 11 is 1.64. The molecule has 1 atom stereocenters. The standard InChI is InChI=1S/C22H33N3O2S/c1-2-25(13-20(26)23-12-19-4-3-5-28-19)14-21(27)24-15-22-9-16-6-17(10-22)8-18(7-16)11-22/h3-5,16-18H,2,6-15H2,1H3,(H,23,26)(H,24,27)/p+1. The fourth-order valence-corrected chi connectivity index (χ4v) is 6.93. The van der Waals surface area contributed by atoms with Gasteiger partial charge < -0.3 is 15.5 Å². The lowest BCUT2D eigenvalue weighted by molar-refractivity contribution is -0.881. The van der Waals surface area contributed by atoms with Gasteiger partial charge in [-0.1, -0.05) is 6.07 Å². The maximum Gasteiger partial charge on any atom is 0.275 e. The fraction of sp³-hybridized carbons (Fsp3) is 0.727. The number of hydrogen-bond donors (Lipinski definition) is 3. The van der Waals surface area contributed by atoms with Crippen LogP contribution in [0, 0.1) is 23.2 Å². The Labute approximate surface area is 172 Å². The van der Waals surface area contributed by atoms with Crippen LogP contribution in [0.2, 0.25) is 0 Å². The van der Waals surface area contributed by atoms with Crippen LogP contribution in [0.15, 0.2) is 17.5 Å². The van der Waals surface area contributed by atoms with Gasteiger partial charge in [0.15, 0.2) is 13.1 Å². The van der Waals surface area contributed by atoms with E-state index >= 15 is 0 Å². The van der Waals surface area contributed by atoms with Gasteiger partial charge in [-0.3, -0.25) is 9.59 Å². The van der Waals surface area contributed by atoms with E-state index in [9.17, 15) is 9.59 Å². The predicted octanol–water partition coefficient (Wildman–Crippen LogP) is 1.60. The molecule has 4 saturated carbocycles. The van der Waals surface area contributed by atoms with E-state index in [0.29, 0.717) is 25.0 Å². The van der Waals surface area contributed by atoms with Crippen molar-refractivity contribution in [3.63, 3.8) is 0 Å². The Morgan fingerprint density at radius 2 is 1.68 bits per heavy atom. The minimum absolute atomic E-state index is 0.0131. The molecular formula is C22H34N3O2S+. The second-order valence-corrected chi connectivity index (χ2v) is 10.5. The molecule has 4 aliphatic rings. The molecule has 4 fully saturated rings. The molecular weight excluding hydrogens is 370 g/mol. The summed E-state index contributed by atoms with van der Waals surface area (Å²) in [6, 6.07) is 4.01. The van der Waals surface area contributed by atoms with E-state index < -0.39 is 0 Å². The highest BCUT2D eigenvalue weighted by Crippen LogP contribution is 2.59. The third-order valence-electron chi connectivity index (χ3n) is 7.19. The Hall–Kier alpha value is -1.40. The number of rotatable bonds is 9. The zero-order valence-electron chi connectivity index (χ0n) is 17.0. The molecule has 1 aromatic heterocycles. The molecule has 0 radical (unpaired) electrons. The Balaban J connectivity index is 1.20. The van der Waals surface area contributed by atoms with Crippen LogP contribution in [0.25, 0.3) is 0 Å². The van der Waals surface area contributed by atoms with E-state index in [1.807, 2.05) is 24.4 Å². The maximum atomic E-state index is 12.6. The van der Waals surface area contributed by atoms with Crippen LogP contribution >= 0.6 is 11.3 Å². The van der Waals surface area contributed by atoms with Gasteiger partial charge in [0.25, 0.3) is 11.8 Å². The number of likely N-dealkylation sites (N-methyl/N-ethyl adjacent to an activating group) is 1. The topological polar surface area (TPSA) is 62.6 Å². The third kappa shape index (κ3) is 4.77. The molecule has 28 heavy (non-hydrogen) atoms. The van der Waals surface area contributed by atoms with E-state index in [1.165, 1.54) is 38.5 Å². The number of quaternary nitrogens is 1. The Morgan fingerprint density at radius 3 is 2.21 bits per heavy atom. The molecule has 0 aliphatic heterocycles. The first-order valence-electron chi connectivity index (χ1n) is 10.9. The van der Waals surface area contributed by atoms with E-state index in [0.717, 1.165) is 40.6 Å². The highest BCUT2D eigenvalue weighted by Gasteiger charge is 2.50. The largest absolute Gasteiger partial charge is 0.351 e. The molecule has 1 aromatic rings. The van der Waals surface area contributed by atoms with Crippen molar-refractivity contribution in [2.75, 3.05) is 26.2 Å². The van der Waals surface area contributed by atoms with Gasteiger partial charge in [-0.25, -0.2) is 0 Å². The zero-order valence-corrected chi connectivity index (χ0v) is 17.8. The molecule has 3 N–H and O–H groups in total. The molecule has 0 saturated heterocycles. The average Bonchev–Trinajstić information content (AvgIpc) is 3.17. The second-order valence-electron chi connectivity index (χ2n) is 9.51. The number of hydrogen-bond acceptors (Lipinski definition) is 3. The van der Waals surface area contributed by atoms with Crippen molar-refractivity contribution >= 4 is 23.2 Å². The normalized spacial score (nSPS) is 31.5. The van der Waals surface area contributed by atoms with Gasteiger partial charge in [0, 0.05) is 11.4 Å². The summed E-state index contributed by atoms with van der Waals surface area (Å²) in [6.45, 7) is 4.97. The van der Waals surface area contributed by atoms with Crippen LogP contribution in [-0.4, -0.2) is 38.0 Å². The van der Waals surface area contributed by atoms with Crippen molar-refractivity contribution in [2.24, 2.45) is 23.2 Å². The number of amides is 2. The lowest BCUT2D eigenvalue weighted by atomic mass is 9.49. The minimum Gasteiger partial charge on any atom is -0.351 e. The summed E-state index contributed by atoms with van der Waals surface area (Å²) in [4.78, 5) is 27.0. The highest BCUT2D eigenvalue weighted by atomic mass is 32.1. The van der Waals surface area contributed by atoms with Gasteiger partial charge in [0.1, 0.15) is 0 Å². The first-order chi connectivity index (χ1) is 13.5. The van der Waals surface area contributed by atoms with E-state index in [4.69, 9.17) is 0 Å². The quantitative estimate of drug-likeness (QED) is 0.585. The minimum atomic E-state index is 0.0131. The Bertz CT molecular complexity index is 653. The van der Waals surface area contributed by atoms with Crippen molar-refractivity contribution < 1.29 is 14.5 Å². The van der Waals surface area contributed by atoms with E-state index in [1.54, 1.807) is 11.3 Å². The lowest BCUT2D eigenvalue weighted by Gasteiger charge is -2.56. The van der Waals surface area contributed by atoms with Crippen molar-refractivity contribution in [2.45, 2.75) is 52.0 Å². The summed E-state index contributed by atoms with van der Waals surface area (Å²) in [7, 11) is 0. The molecule has 0 aromatic carbocycles. The van der Waals surface area contributed by atoms with Crippen molar-refractivity contribution in [1.29, 1.82) is 0 Å². The number of carbonyl (C=O) groups is 2. The van der Waals surface area contributed by atoms with Gasteiger partial charge in [0.05, 0.1) is 13.1 Å². The number of nitrogens with one attached hydrogen (secondary N) is 3. The molecule has 1 heterocycles. The van der Waals surface area contributed by atoms with Gasteiger partial charge in [0.2, 0.25) is 0 Å². The van der Waals surface area contributed by atoms with Crippen molar-refractivity contribution in [1.82, 2.24) is 10.6 Å². The van der Waals surface area contributed by atoms with Gasteiger partial charge >= 0.3 is 0 Å². The Morgan fingerprint density at radius 1 is 1.07 bits per heavy atom. The van der Waals surface area contributed by atoms with Crippen LogP contribution in [0.4, 0.5) is 0 Å². The Kier molecular flexibility index (Phi) is 6.07. The van der Waals surface area contributed by atoms with Crippen LogP contribution < -0.4 is 15.5 Å². The van der Waals surface area contributed by atoms with Crippen LogP contribution in [0.1, 0.15) is 50.3 Å². The number of carbonyl (C=O) groups excluding carboxylic acids is 2. The molecule has 4 bridgehead atoms. The van der Waals surface area contributed by atoms with E-state index in [2.05, 4.69) is 10.6 Å². The molecule has 2 amide bonds. The average molecular weight is 405 g/mol. The summed E-state index contributed by atoms with van der Waals surface area (Å²) in [5.41, 5.74) is 0.370. The second kappa shape index (κ2) is 8.54. The summed E-state index contributed by atoms with van der Waals surface area (Å²) < 4.78 is 0. The highest BCUT2D eigenvalue weighted by molar-refractivity contribution is 7.09. The van der Waals surface area contributed by atoms with Crippen LogP contribution in [-0.2, 0) is 16.1 Å². The first kappa shape index (κ1) is 19.9. The summed E-state index contributed by atoms with van der Waals surface area (Å²) in [5.74, 6) is 2.84. The number of thiophene rings is 1. The monoisotopic (exact) mass is 404 g/mol. The van der Waals surface area contributed by atoms with Crippen LogP contribution in [0.5, 0.6) is 0 Å². The van der Waals surface area contributed by atoms with Crippen LogP contribution in [0.3, 0.4) is 0 Å². The summed E-state index contributed by atoms with van der Waals surface area (Å²) in [6.07, 6.45) is 8.24. The first-order valence-corrected chi connectivity index (χ1v) is 11.8. The smallest absolute Gasteiger partial charge is 0.275 e. The van der Waals surface area contributed by atoms with Crippen molar-refractivity contribution in [3.05, 3.63) is 22.4 Å². The lowest BCUT2D eigenvalue weighted by Crippen LogP contribution is -3.14. The molecule has 154 valence electrons. The SMILES string of the molecule is CC[NH+](CC(=O)NCc1cccs1)CC(=O)NCC12CC3CC(CC(C3)C1)C2. The van der Waals surface area contributed by atoms with Gasteiger partial charge in [-0.15, -0.1) is 11.3 Å². The molecule has 5 rings (SSSR count). The third-order valence-corrected chi connectivity index (χ3v) is 8.06. The van der Waals surface area contributed by atoms with Gasteiger partial charge in [-0.2, -0.15) is 0 Å². The fourth-order valence-electron chi connectivity index (χ4n) is 6.28. The van der Waals surface area contributed by atoms with E-state index in [-0.39, 0.29) is 11.8 Å². The molecule has 5 nitrogen and oxygen atoms in total. The predicted molar refractivity (Wildman–Crippen MR) is 111 cm³/mol. The van der Waals surface area contributed by atoms with Crippen molar-refractivity contribution in [3.8, 4) is 0 Å². The zero-order chi connectivity index (χ0) is 19.6. The molecule has 4 aliphatic carbocycles. The summed E-state index contributed by atoms with van der Waals surface area (Å²) in [5, 5.41) is 8.22. The maximum absolute atomic E-state index is 12.6. The van der Waals surface area contributed by atoms with Gasteiger partial charge in [-0.05, 0) is 80.1 Å². The molecule has 1 unspecified atom stereocenters. The molecule has 0 spiro atoms.